The summed E-state index contributed by atoms with van der Waals surface area (Å²) in [5.74, 6) is 0.639. The number of hydrogen-bond donors (Lipinski definition) is 1. The van der Waals surface area contributed by atoms with Gasteiger partial charge in [-0.15, -0.1) is 11.3 Å². The molecule has 0 fully saturated rings. The van der Waals surface area contributed by atoms with Gasteiger partial charge in [0.25, 0.3) is 0 Å². The first-order chi connectivity index (χ1) is 11.3. The lowest BCUT2D eigenvalue weighted by atomic mass is 9.64. The molecule has 124 valence electrons. The molecule has 5 heteroatoms. The van der Waals surface area contributed by atoms with Gasteiger partial charge in [-0.05, 0) is 36.5 Å². The number of rotatable bonds is 1. The average Bonchev–Trinajstić information content (AvgIpc) is 2.94. The van der Waals surface area contributed by atoms with Crippen molar-refractivity contribution in [2.24, 2.45) is 5.41 Å². The lowest BCUT2D eigenvalue weighted by Gasteiger charge is -2.43. The molecule has 0 saturated carbocycles. The van der Waals surface area contributed by atoms with E-state index in [2.05, 4.69) is 24.1 Å². The topological polar surface area (TPSA) is 42.0 Å². The maximum absolute atomic E-state index is 13.9. The summed E-state index contributed by atoms with van der Waals surface area (Å²) in [6, 6.07) is 6.57. The van der Waals surface area contributed by atoms with Crippen LogP contribution in [0, 0.1) is 11.2 Å². The van der Waals surface area contributed by atoms with E-state index in [-0.39, 0.29) is 17.0 Å². The molecule has 0 saturated heterocycles. The van der Waals surface area contributed by atoms with E-state index in [9.17, 15) is 9.18 Å². The van der Waals surface area contributed by atoms with E-state index in [1.165, 1.54) is 23.5 Å². The number of allylic oxidation sites excluding steroid dienone is 2. The second-order valence-electron chi connectivity index (χ2n) is 7.58. The number of fused-ring (bicyclic) bond motifs is 1. The first-order valence-electron chi connectivity index (χ1n) is 8.05. The molecule has 3 nitrogen and oxygen atoms in total. The van der Waals surface area contributed by atoms with Gasteiger partial charge in [0.2, 0.25) is 0 Å². The number of anilines is 1. The molecule has 2 aromatic rings. The van der Waals surface area contributed by atoms with Gasteiger partial charge in [0, 0.05) is 17.7 Å². The Balaban J connectivity index is 2.00. The molecule has 24 heavy (non-hydrogen) atoms. The summed E-state index contributed by atoms with van der Waals surface area (Å²) >= 11 is 1.51. The number of ketones is 1. The summed E-state index contributed by atoms with van der Waals surface area (Å²) in [7, 11) is 0. The maximum atomic E-state index is 13.9. The molecule has 1 aromatic carbocycles. The number of carbonyl (C=O) groups is 1. The summed E-state index contributed by atoms with van der Waals surface area (Å²) in [6.07, 6.45) is 1.29. The van der Waals surface area contributed by atoms with Crippen molar-refractivity contribution >= 4 is 22.9 Å². The lowest BCUT2D eigenvalue weighted by molar-refractivity contribution is -0.118. The van der Waals surface area contributed by atoms with Gasteiger partial charge < -0.3 is 5.32 Å². The van der Waals surface area contributed by atoms with Crippen molar-refractivity contribution < 1.29 is 9.18 Å². The van der Waals surface area contributed by atoms with E-state index in [0.29, 0.717) is 6.42 Å². The van der Waals surface area contributed by atoms with Crippen molar-refractivity contribution in [2.75, 3.05) is 5.32 Å². The van der Waals surface area contributed by atoms with E-state index in [1.54, 1.807) is 11.6 Å². The van der Waals surface area contributed by atoms with E-state index in [4.69, 9.17) is 0 Å². The molecule has 0 spiro atoms. The van der Waals surface area contributed by atoms with Crippen LogP contribution in [0.4, 0.5) is 10.2 Å². The Morgan fingerprint density at radius 3 is 2.79 bits per heavy atom. The SMILES string of the molecule is CC1(C)CC(=O)C2=C(C1)Nc1ncsc1[C@]2(C)c1cccc(F)c1. The molecule has 1 aliphatic heterocycles. The predicted molar refractivity (Wildman–Crippen MR) is 93.6 cm³/mol. The van der Waals surface area contributed by atoms with Gasteiger partial charge in [-0.2, -0.15) is 0 Å². The number of halogens is 1. The van der Waals surface area contributed by atoms with Crippen molar-refractivity contribution in [3.8, 4) is 0 Å². The lowest BCUT2D eigenvalue weighted by Crippen LogP contribution is -2.41. The monoisotopic (exact) mass is 342 g/mol. The highest BCUT2D eigenvalue weighted by Crippen LogP contribution is 2.53. The first kappa shape index (κ1) is 15.5. The molecule has 0 radical (unpaired) electrons. The predicted octanol–water partition coefficient (Wildman–Crippen LogP) is 4.66. The number of Topliss-reactive ketones (excluding diaryl/α,β-unsaturated/α-hetero) is 1. The van der Waals surface area contributed by atoms with Gasteiger partial charge in [-0.3, -0.25) is 4.79 Å². The Labute approximate surface area is 144 Å². The van der Waals surface area contributed by atoms with E-state index in [1.807, 2.05) is 13.0 Å². The number of benzene rings is 1. The molecule has 0 unspecified atom stereocenters. The fourth-order valence-corrected chi connectivity index (χ4v) is 4.96. The minimum Gasteiger partial charge on any atom is -0.342 e. The van der Waals surface area contributed by atoms with Crippen molar-refractivity contribution in [3.05, 3.63) is 57.3 Å². The quantitative estimate of drug-likeness (QED) is 0.820. The molecule has 0 bridgehead atoms. The van der Waals surface area contributed by atoms with Crippen LogP contribution in [0.25, 0.3) is 0 Å². The first-order valence-corrected chi connectivity index (χ1v) is 8.93. The number of nitrogens with zero attached hydrogens (tertiary/aromatic N) is 1. The fraction of sp³-hybridized carbons (Fsp3) is 0.368. The van der Waals surface area contributed by atoms with Gasteiger partial charge in [-0.25, -0.2) is 9.37 Å². The van der Waals surface area contributed by atoms with Crippen LogP contribution in [0.2, 0.25) is 0 Å². The van der Waals surface area contributed by atoms with E-state index < -0.39 is 5.41 Å². The molecular formula is C19H19FN2OS. The smallest absolute Gasteiger partial charge is 0.162 e. The third kappa shape index (κ3) is 2.14. The summed E-state index contributed by atoms with van der Waals surface area (Å²) < 4.78 is 13.9. The zero-order valence-corrected chi connectivity index (χ0v) is 14.8. The number of hydrogen-bond acceptors (Lipinski definition) is 4. The third-order valence-electron chi connectivity index (χ3n) is 5.07. The zero-order chi connectivity index (χ0) is 17.1. The third-order valence-corrected chi connectivity index (χ3v) is 6.12. The summed E-state index contributed by atoms with van der Waals surface area (Å²) in [5.41, 5.74) is 3.54. The Morgan fingerprint density at radius 2 is 2.04 bits per heavy atom. The molecule has 4 rings (SSSR count). The van der Waals surface area contributed by atoms with Gasteiger partial charge in [0.1, 0.15) is 11.6 Å². The van der Waals surface area contributed by atoms with Gasteiger partial charge in [0.15, 0.2) is 5.78 Å². The van der Waals surface area contributed by atoms with Crippen LogP contribution in [0.5, 0.6) is 0 Å². The molecule has 1 atom stereocenters. The van der Waals surface area contributed by atoms with Crippen molar-refractivity contribution in [1.82, 2.24) is 4.98 Å². The van der Waals surface area contributed by atoms with Gasteiger partial charge in [-0.1, -0.05) is 26.0 Å². The Morgan fingerprint density at radius 1 is 1.25 bits per heavy atom. The van der Waals surface area contributed by atoms with Crippen LogP contribution < -0.4 is 5.32 Å². The molecule has 2 aliphatic rings. The van der Waals surface area contributed by atoms with Crippen LogP contribution in [0.1, 0.15) is 44.1 Å². The fourth-order valence-electron chi connectivity index (χ4n) is 4.03. The number of thiazole rings is 1. The minimum atomic E-state index is -0.660. The maximum Gasteiger partial charge on any atom is 0.162 e. The minimum absolute atomic E-state index is 0.0840. The highest BCUT2D eigenvalue weighted by Gasteiger charge is 2.48. The van der Waals surface area contributed by atoms with Crippen molar-refractivity contribution in [2.45, 2.75) is 39.0 Å². The standard InChI is InChI=1S/C19H19FN2OS/c1-18(2)8-13-15(14(23)9-18)19(3,11-5-4-6-12(20)7-11)16-17(22-13)21-10-24-16/h4-7,10,22H,8-9H2,1-3H3/t19-/m1/s1. The normalized spacial score (nSPS) is 25.1. The largest absolute Gasteiger partial charge is 0.342 e. The molecule has 2 heterocycles. The molecular weight excluding hydrogens is 323 g/mol. The Kier molecular flexibility index (Phi) is 3.23. The van der Waals surface area contributed by atoms with Crippen molar-refractivity contribution in [3.63, 3.8) is 0 Å². The second kappa shape index (κ2) is 4.99. The summed E-state index contributed by atoms with van der Waals surface area (Å²) in [5, 5.41) is 3.37. The zero-order valence-electron chi connectivity index (χ0n) is 13.9. The highest BCUT2D eigenvalue weighted by molar-refractivity contribution is 7.10. The average molecular weight is 342 g/mol. The Bertz CT molecular complexity index is 883. The highest BCUT2D eigenvalue weighted by atomic mass is 32.1. The summed E-state index contributed by atoms with van der Waals surface area (Å²) in [6.45, 7) is 6.23. The van der Waals surface area contributed by atoms with E-state index >= 15 is 0 Å². The van der Waals surface area contributed by atoms with Crippen LogP contribution in [0.15, 0.2) is 41.0 Å². The van der Waals surface area contributed by atoms with Gasteiger partial charge in [0.05, 0.1) is 15.8 Å². The van der Waals surface area contributed by atoms with Crippen molar-refractivity contribution in [1.29, 1.82) is 0 Å². The van der Waals surface area contributed by atoms with Crippen LogP contribution in [0.3, 0.4) is 0 Å². The van der Waals surface area contributed by atoms with Crippen LogP contribution >= 0.6 is 11.3 Å². The number of carbonyl (C=O) groups excluding carboxylic acids is 1. The molecule has 1 aliphatic carbocycles. The number of aromatic nitrogens is 1. The van der Waals surface area contributed by atoms with E-state index in [0.717, 1.165) is 33.9 Å². The van der Waals surface area contributed by atoms with Crippen LogP contribution in [-0.2, 0) is 10.2 Å². The number of nitrogens with one attached hydrogen (secondary N) is 1. The van der Waals surface area contributed by atoms with Crippen LogP contribution in [-0.4, -0.2) is 10.8 Å². The molecule has 1 aromatic heterocycles. The molecule has 1 N–H and O–H groups in total. The molecule has 0 amide bonds. The Hall–Kier alpha value is -2.01. The van der Waals surface area contributed by atoms with Gasteiger partial charge >= 0.3 is 0 Å². The summed E-state index contributed by atoms with van der Waals surface area (Å²) in [4.78, 5) is 18.4. The second-order valence-corrected chi connectivity index (χ2v) is 8.44.